The van der Waals surface area contributed by atoms with E-state index in [1.165, 1.54) is 32.1 Å². The van der Waals surface area contributed by atoms with Crippen molar-refractivity contribution in [2.45, 2.75) is 63.1 Å². The van der Waals surface area contributed by atoms with Gasteiger partial charge in [-0.25, -0.2) is 4.79 Å². The molecule has 5 aliphatic carbocycles. The van der Waals surface area contributed by atoms with Crippen LogP contribution in [0, 0.1) is 23.7 Å². The zero-order valence-electron chi connectivity index (χ0n) is 15.0. The number of hydrogen-bond donors (Lipinski definition) is 0. The van der Waals surface area contributed by atoms with E-state index in [1.54, 1.807) is 11.1 Å². The largest absolute Gasteiger partial charge is 0.328 e. The number of nitrogens with zero attached hydrogens (tertiary/aromatic N) is 3. The number of aromatic nitrogens is 1. The molecule has 5 heteroatoms. The van der Waals surface area contributed by atoms with E-state index >= 15 is 0 Å². The third kappa shape index (κ3) is 2.06. The SMILES string of the molecule is O=C1C(c2ccccn2)N(C2CC2)C(=O)N1C1C2CC3CC(C2)CC1C3. The lowest BCUT2D eigenvalue weighted by Gasteiger charge is -2.55. The van der Waals surface area contributed by atoms with Gasteiger partial charge in [0.2, 0.25) is 0 Å². The summed E-state index contributed by atoms with van der Waals surface area (Å²) in [6.45, 7) is 0. The van der Waals surface area contributed by atoms with E-state index in [2.05, 4.69) is 4.98 Å². The minimum absolute atomic E-state index is 0.0157. The quantitative estimate of drug-likeness (QED) is 0.785. The van der Waals surface area contributed by atoms with E-state index in [0.717, 1.165) is 30.4 Å². The molecule has 1 aromatic heterocycles. The van der Waals surface area contributed by atoms with Gasteiger partial charge in [-0.3, -0.25) is 14.7 Å². The summed E-state index contributed by atoms with van der Waals surface area (Å²) in [6.07, 6.45) is 9.99. The maximum absolute atomic E-state index is 13.5. The Bertz CT molecular complexity index is 732. The smallest absolute Gasteiger partial charge is 0.304 e. The van der Waals surface area contributed by atoms with Crippen molar-refractivity contribution in [1.29, 1.82) is 0 Å². The number of carbonyl (C=O) groups is 2. The average molecular weight is 351 g/mol. The fourth-order valence-electron chi connectivity index (χ4n) is 6.70. The summed E-state index contributed by atoms with van der Waals surface area (Å²) in [4.78, 5) is 34.9. The van der Waals surface area contributed by atoms with Gasteiger partial charge in [0, 0.05) is 18.3 Å². The number of amides is 3. The highest BCUT2D eigenvalue weighted by atomic mass is 16.2. The van der Waals surface area contributed by atoms with Crippen LogP contribution in [0.1, 0.15) is 56.7 Å². The van der Waals surface area contributed by atoms with Gasteiger partial charge < -0.3 is 4.90 Å². The first-order valence-electron chi connectivity index (χ1n) is 10.3. The number of hydrogen-bond acceptors (Lipinski definition) is 3. The molecule has 0 aromatic carbocycles. The van der Waals surface area contributed by atoms with Gasteiger partial charge in [-0.2, -0.15) is 0 Å². The number of urea groups is 1. The first kappa shape index (κ1) is 15.2. The lowest BCUT2D eigenvalue weighted by Crippen LogP contribution is -2.57. The molecule has 7 rings (SSSR count). The molecular weight excluding hydrogens is 326 g/mol. The summed E-state index contributed by atoms with van der Waals surface area (Å²) in [7, 11) is 0. The van der Waals surface area contributed by atoms with Crippen LogP contribution in [0.15, 0.2) is 24.4 Å². The van der Waals surface area contributed by atoms with E-state index in [4.69, 9.17) is 0 Å². The summed E-state index contributed by atoms with van der Waals surface area (Å²) < 4.78 is 0. The minimum atomic E-state index is -0.506. The predicted molar refractivity (Wildman–Crippen MR) is 94.9 cm³/mol. The van der Waals surface area contributed by atoms with Gasteiger partial charge in [-0.05, 0) is 80.8 Å². The Hall–Kier alpha value is -1.91. The molecule has 136 valence electrons. The van der Waals surface area contributed by atoms with Gasteiger partial charge in [-0.15, -0.1) is 0 Å². The summed E-state index contributed by atoms with van der Waals surface area (Å²) in [5.41, 5.74) is 0.726. The molecule has 5 saturated carbocycles. The molecule has 1 saturated heterocycles. The second-order valence-electron chi connectivity index (χ2n) is 9.21. The topological polar surface area (TPSA) is 53.5 Å². The zero-order valence-corrected chi connectivity index (χ0v) is 15.0. The molecule has 3 amide bonds. The summed E-state index contributed by atoms with van der Waals surface area (Å²) in [5, 5.41) is 0. The van der Waals surface area contributed by atoms with E-state index < -0.39 is 6.04 Å². The van der Waals surface area contributed by atoms with Crippen molar-refractivity contribution in [2.75, 3.05) is 0 Å². The molecule has 6 aliphatic rings. The third-order valence-electron chi connectivity index (χ3n) is 7.56. The van der Waals surface area contributed by atoms with Crippen LogP contribution in [0.3, 0.4) is 0 Å². The molecule has 1 atom stereocenters. The fourth-order valence-corrected chi connectivity index (χ4v) is 6.70. The Balaban J connectivity index is 1.38. The Kier molecular flexibility index (Phi) is 3.10. The average Bonchev–Trinajstić information content (AvgIpc) is 3.43. The lowest BCUT2D eigenvalue weighted by molar-refractivity contribution is -0.136. The molecule has 0 radical (unpaired) electrons. The van der Waals surface area contributed by atoms with Gasteiger partial charge in [0.15, 0.2) is 6.04 Å². The molecule has 26 heavy (non-hydrogen) atoms. The monoisotopic (exact) mass is 351 g/mol. The van der Waals surface area contributed by atoms with Crippen LogP contribution >= 0.6 is 0 Å². The standard InChI is InChI=1S/C21H25N3O2/c25-20-19(17-3-1-2-6-22-17)23(16-4-5-16)21(26)24(20)18-14-8-12-7-13(10-14)11-15(18)9-12/h1-3,6,12-16,18-19H,4-5,7-11H2. The fraction of sp³-hybridized carbons (Fsp3) is 0.667. The van der Waals surface area contributed by atoms with Crippen molar-refractivity contribution in [1.82, 2.24) is 14.8 Å². The van der Waals surface area contributed by atoms with Gasteiger partial charge in [0.25, 0.3) is 5.91 Å². The van der Waals surface area contributed by atoms with Gasteiger partial charge in [0.1, 0.15) is 0 Å². The van der Waals surface area contributed by atoms with Crippen LogP contribution in [0.5, 0.6) is 0 Å². The number of pyridine rings is 1. The number of rotatable bonds is 3. The van der Waals surface area contributed by atoms with E-state index in [-0.39, 0.29) is 24.0 Å². The normalized spacial score (nSPS) is 41.4. The van der Waals surface area contributed by atoms with Crippen LogP contribution in [-0.2, 0) is 4.79 Å². The number of imide groups is 1. The molecular formula is C21H25N3O2. The highest BCUT2D eigenvalue weighted by molar-refractivity contribution is 6.05. The predicted octanol–water partition coefficient (Wildman–Crippen LogP) is 3.37. The van der Waals surface area contributed by atoms with Crippen molar-refractivity contribution in [3.63, 3.8) is 0 Å². The van der Waals surface area contributed by atoms with Crippen molar-refractivity contribution < 1.29 is 9.59 Å². The molecule has 1 unspecified atom stereocenters. The molecule has 1 aromatic rings. The molecule has 0 N–H and O–H groups in total. The molecule has 6 fully saturated rings. The molecule has 1 aliphatic heterocycles. The van der Waals surface area contributed by atoms with Crippen molar-refractivity contribution >= 4 is 11.9 Å². The van der Waals surface area contributed by atoms with Crippen LogP contribution in [0.25, 0.3) is 0 Å². The molecule has 4 bridgehead atoms. The Morgan fingerprint density at radius 3 is 2.19 bits per heavy atom. The van der Waals surface area contributed by atoms with Crippen LogP contribution in [0.4, 0.5) is 4.79 Å². The first-order chi connectivity index (χ1) is 12.7. The first-order valence-corrected chi connectivity index (χ1v) is 10.3. The van der Waals surface area contributed by atoms with Crippen molar-refractivity contribution in [3.8, 4) is 0 Å². The minimum Gasteiger partial charge on any atom is -0.304 e. The number of carbonyl (C=O) groups excluding carboxylic acids is 2. The third-order valence-corrected chi connectivity index (χ3v) is 7.56. The Labute approximate surface area is 153 Å². The van der Waals surface area contributed by atoms with Gasteiger partial charge in [0.05, 0.1) is 5.69 Å². The van der Waals surface area contributed by atoms with Crippen molar-refractivity contribution in [3.05, 3.63) is 30.1 Å². The highest BCUT2D eigenvalue weighted by Gasteiger charge is 2.59. The summed E-state index contributed by atoms with van der Waals surface area (Å²) in [6, 6.07) is 5.49. The maximum atomic E-state index is 13.5. The van der Waals surface area contributed by atoms with Crippen molar-refractivity contribution in [2.24, 2.45) is 23.7 Å². The second-order valence-corrected chi connectivity index (χ2v) is 9.21. The van der Waals surface area contributed by atoms with Gasteiger partial charge in [-0.1, -0.05) is 6.07 Å². The van der Waals surface area contributed by atoms with E-state index in [0.29, 0.717) is 11.8 Å². The lowest BCUT2D eigenvalue weighted by atomic mass is 9.54. The maximum Gasteiger partial charge on any atom is 0.328 e. The zero-order chi connectivity index (χ0) is 17.4. The van der Waals surface area contributed by atoms with Gasteiger partial charge >= 0.3 is 6.03 Å². The Morgan fingerprint density at radius 1 is 0.923 bits per heavy atom. The van der Waals surface area contributed by atoms with Crippen LogP contribution < -0.4 is 0 Å². The summed E-state index contributed by atoms with van der Waals surface area (Å²) >= 11 is 0. The molecule has 2 heterocycles. The second kappa shape index (κ2) is 5.30. The van der Waals surface area contributed by atoms with E-state index in [1.807, 2.05) is 23.1 Å². The Morgan fingerprint density at radius 2 is 1.62 bits per heavy atom. The van der Waals surface area contributed by atoms with Crippen LogP contribution in [0.2, 0.25) is 0 Å². The van der Waals surface area contributed by atoms with E-state index in [9.17, 15) is 9.59 Å². The molecule has 0 spiro atoms. The molecule has 5 nitrogen and oxygen atoms in total. The highest BCUT2D eigenvalue weighted by Crippen LogP contribution is 2.56. The van der Waals surface area contributed by atoms with Crippen LogP contribution in [-0.4, -0.2) is 38.8 Å². The summed E-state index contributed by atoms with van der Waals surface area (Å²) in [5.74, 6) is 2.73.